The fraction of sp³-hybridized carbons (Fsp3) is 0.550. The summed E-state index contributed by atoms with van der Waals surface area (Å²) in [5, 5.41) is 5.95. The number of benzene rings is 1. The number of allylic oxidation sites excluding steroid dienone is 1. The number of amides is 2. The van der Waals surface area contributed by atoms with E-state index in [-0.39, 0.29) is 11.4 Å². The van der Waals surface area contributed by atoms with Gasteiger partial charge in [0.05, 0.1) is 7.11 Å². The van der Waals surface area contributed by atoms with Gasteiger partial charge in [0.2, 0.25) is 0 Å². The number of hydrogen-bond donors (Lipinski definition) is 2. The third-order valence-electron chi connectivity index (χ3n) is 4.68. The first-order valence-corrected chi connectivity index (χ1v) is 8.85. The molecular weight excluding hydrogens is 300 g/mol. The Hall–Kier alpha value is -1.97. The van der Waals surface area contributed by atoms with E-state index in [4.69, 9.17) is 4.74 Å². The highest BCUT2D eigenvalue weighted by Gasteiger charge is 2.21. The molecule has 24 heavy (non-hydrogen) atoms. The molecule has 0 aliphatic heterocycles. The highest BCUT2D eigenvalue weighted by atomic mass is 16.5. The van der Waals surface area contributed by atoms with Crippen LogP contribution in [0.3, 0.4) is 0 Å². The largest absolute Gasteiger partial charge is 0.497 e. The molecule has 0 radical (unpaired) electrons. The van der Waals surface area contributed by atoms with E-state index in [1.54, 1.807) is 7.11 Å². The summed E-state index contributed by atoms with van der Waals surface area (Å²) in [5.41, 5.74) is 2.53. The van der Waals surface area contributed by atoms with Crippen molar-refractivity contribution in [2.45, 2.75) is 51.4 Å². The van der Waals surface area contributed by atoms with Crippen molar-refractivity contribution in [1.82, 2.24) is 10.6 Å². The number of hydrogen-bond acceptors (Lipinski definition) is 2. The standard InChI is InChI=1S/C20H30N2O2/c1-20(2,17-9-11-18(24-3)12-10-17)15-22-19(23)21-14-13-16-7-5-4-6-8-16/h7,9-12H,4-6,8,13-15H2,1-3H3,(H2,21,22,23). The van der Waals surface area contributed by atoms with E-state index >= 15 is 0 Å². The Morgan fingerprint density at radius 1 is 1.17 bits per heavy atom. The first-order valence-electron chi connectivity index (χ1n) is 8.85. The van der Waals surface area contributed by atoms with Crippen molar-refractivity contribution in [2.75, 3.05) is 20.2 Å². The summed E-state index contributed by atoms with van der Waals surface area (Å²) in [6.45, 7) is 5.55. The second-order valence-electron chi connectivity index (χ2n) is 7.08. The van der Waals surface area contributed by atoms with Crippen LogP contribution in [0.5, 0.6) is 5.75 Å². The topological polar surface area (TPSA) is 50.4 Å². The molecular formula is C20H30N2O2. The molecule has 1 aromatic rings. The second kappa shape index (κ2) is 8.76. The number of methoxy groups -OCH3 is 1. The van der Waals surface area contributed by atoms with Crippen molar-refractivity contribution >= 4 is 6.03 Å². The fourth-order valence-electron chi connectivity index (χ4n) is 2.98. The Bertz CT molecular complexity index is 562. The number of nitrogens with one attached hydrogen (secondary N) is 2. The molecule has 0 atom stereocenters. The summed E-state index contributed by atoms with van der Waals surface area (Å²) in [7, 11) is 1.66. The quantitative estimate of drug-likeness (QED) is 0.738. The van der Waals surface area contributed by atoms with Gasteiger partial charge in [-0.15, -0.1) is 0 Å². The maximum absolute atomic E-state index is 12.0. The van der Waals surface area contributed by atoms with E-state index in [1.807, 2.05) is 24.3 Å². The number of ether oxygens (including phenoxy) is 1. The summed E-state index contributed by atoms with van der Waals surface area (Å²) in [5.74, 6) is 0.845. The molecule has 1 aliphatic rings. The lowest BCUT2D eigenvalue weighted by Crippen LogP contribution is -2.42. The normalized spacial score (nSPS) is 14.7. The summed E-state index contributed by atoms with van der Waals surface area (Å²) in [4.78, 5) is 12.0. The SMILES string of the molecule is COc1ccc(C(C)(C)CNC(=O)NCCC2=CCCCC2)cc1. The molecule has 1 aliphatic carbocycles. The molecule has 0 aromatic heterocycles. The van der Waals surface area contributed by atoms with Crippen molar-refractivity contribution in [3.8, 4) is 5.75 Å². The molecule has 0 saturated heterocycles. The molecule has 132 valence electrons. The molecule has 2 N–H and O–H groups in total. The number of carbonyl (C=O) groups is 1. The Morgan fingerprint density at radius 2 is 1.92 bits per heavy atom. The molecule has 0 unspecified atom stereocenters. The van der Waals surface area contributed by atoms with Gasteiger partial charge in [0.15, 0.2) is 0 Å². The molecule has 0 spiro atoms. The molecule has 4 heteroatoms. The molecule has 0 bridgehead atoms. The molecule has 1 aromatic carbocycles. The zero-order valence-corrected chi connectivity index (χ0v) is 15.2. The monoisotopic (exact) mass is 330 g/mol. The Balaban J connectivity index is 1.73. The summed E-state index contributed by atoms with van der Waals surface area (Å²) in [6.07, 6.45) is 8.27. The van der Waals surface area contributed by atoms with Crippen molar-refractivity contribution in [1.29, 1.82) is 0 Å². The molecule has 0 heterocycles. The predicted molar refractivity (Wildman–Crippen MR) is 98.6 cm³/mol. The molecule has 0 saturated carbocycles. The van der Waals surface area contributed by atoms with Gasteiger partial charge in [0.1, 0.15) is 5.75 Å². The predicted octanol–water partition coefficient (Wildman–Crippen LogP) is 4.16. The first kappa shape index (κ1) is 18.4. The Kier molecular flexibility index (Phi) is 6.71. The summed E-state index contributed by atoms with van der Waals surface area (Å²) < 4.78 is 5.19. The van der Waals surface area contributed by atoms with E-state index in [2.05, 4.69) is 30.6 Å². The molecule has 2 amide bonds. The minimum Gasteiger partial charge on any atom is -0.497 e. The van der Waals surface area contributed by atoms with Crippen LogP contribution in [0.15, 0.2) is 35.9 Å². The van der Waals surface area contributed by atoms with Gasteiger partial charge in [-0.1, -0.05) is 37.6 Å². The van der Waals surface area contributed by atoms with E-state index in [0.29, 0.717) is 13.1 Å². The Labute approximate surface area is 145 Å². The van der Waals surface area contributed by atoms with Gasteiger partial charge in [-0.05, 0) is 49.8 Å². The van der Waals surface area contributed by atoms with E-state index in [9.17, 15) is 4.79 Å². The van der Waals surface area contributed by atoms with Crippen LogP contribution in [0.25, 0.3) is 0 Å². The second-order valence-corrected chi connectivity index (χ2v) is 7.08. The summed E-state index contributed by atoms with van der Waals surface area (Å²) >= 11 is 0. The average Bonchev–Trinajstić information content (AvgIpc) is 2.61. The van der Waals surface area contributed by atoms with Crippen LogP contribution in [0.4, 0.5) is 4.79 Å². The van der Waals surface area contributed by atoms with Crippen molar-refractivity contribution in [3.05, 3.63) is 41.5 Å². The van der Waals surface area contributed by atoms with E-state index in [1.165, 1.54) is 36.8 Å². The zero-order valence-electron chi connectivity index (χ0n) is 15.2. The number of urea groups is 1. The van der Waals surface area contributed by atoms with Crippen molar-refractivity contribution < 1.29 is 9.53 Å². The minimum atomic E-state index is -0.129. The highest BCUT2D eigenvalue weighted by Crippen LogP contribution is 2.24. The van der Waals surface area contributed by atoms with Gasteiger partial charge in [0.25, 0.3) is 0 Å². The lowest BCUT2D eigenvalue weighted by atomic mass is 9.84. The first-order chi connectivity index (χ1) is 11.5. The van der Waals surface area contributed by atoms with Crippen molar-refractivity contribution in [3.63, 3.8) is 0 Å². The van der Waals surface area contributed by atoms with Crippen LogP contribution in [0.2, 0.25) is 0 Å². The number of rotatable bonds is 7. The van der Waals surface area contributed by atoms with Gasteiger partial charge in [0, 0.05) is 18.5 Å². The molecule has 4 nitrogen and oxygen atoms in total. The highest BCUT2D eigenvalue weighted by molar-refractivity contribution is 5.73. The third-order valence-corrected chi connectivity index (χ3v) is 4.68. The number of carbonyl (C=O) groups excluding carboxylic acids is 1. The van der Waals surface area contributed by atoms with Crippen LogP contribution < -0.4 is 15.4 Å². The lowest BCUT2D eigenvalue weighted by molar-refractivity contribution is 0.238. The molecule has 2 rings (SSSR count). The minimum absolute atomic E-state index is 0.0898. The lowest BCUT2D eigenvalue weighted by Gasteiger charge is -2.26. The van der Waals surface area contributed by atoms with Crippen LogP contribution >= 0.6 is 0 Å². The van der Waals surface area contributed by atoms with Crippen LogP contribution in [0, 0.1) is 0 Å². The molecule has 0 fully saturated rings. The Morgan fingerprint density at radius 3 is 2.54 bits per heavy atom. The van der Waals surface area contributed by atoms with E-state index in [0.717, 1.165) is 12.2 Å². The van der Waals surface area contributed by atoms with Gasteiger partial charge in [-0.25, -0.2) is 4.79 Å². The van der Waals surface area contributed by atoms with Gasteiger partial charge >= 0.3 is 6.03 Å². The van der Waals surface area contributed by atoms with Crippen LogP contribution in [-0.2, 0) is 5.41 Å². The summed E-state index contributed by atoms with van der Waals surface area (Å²) in [6, 6.07) is 7.92. The smallest absolute Gasteiger partial charge is 0.314 e. The zero-order chi connectivity index (χ0) is 17.4. The van der Waals surface area contributed by atoms with Crippen LogP contribution in [-0.4, -0.2) is 26.2 Å². The van der Waals surface area contributed by atoms with Gasteiger partial charge in [-0.2, -0.15) is 0 Å². The average molecular weight is 330 g/mol. The fourth-order valence-corrected chi connectivity index (χ4v) is 2.98. The van der Waals surface area contributed by atoms with Crippen molar-refractivity contribution in [2.24, 2.45) is 0 Å². The van der Waals surface area contributed by atoms with E-state index < -0.39 is 0 Å². The van der Waals surface area contributed by atoms with Crippen LogP contribution in [0.1, 0.15) is 51.5 Å². The van der Waals surface area contributed by atoms with Gasteiger partial charge in [-0.3, -0.25) is 0 Å². The van der Waals surface area contributed by atoms with Gasteiger partial charge < -0.3 is 15.4 Å². The maximum atomic E-state index is 12.0. The maximum Gasteiger partial charge on any atom is 0.314 e. The third kappa shape index (κ3) is 5.59.